The van der Waals surface area contributed by atoms with E-state index >= 15 is 0 Å². The van der Waals surface area contributed by atoms with Gasteiger partial charge in [-0.05, 0) is 54.8 Å². The Kier molecular flexibility index (Phi) is 5.52. The monoisotopic (exact) mass is 349 g/mol. The molecule has 0 N–H and O–H groups in total. The lowest BCUT2D eigenvalue weighted by Gasteiger charge is -2.10. The second kappa shape index (κ2) is 8.00. The van der Waals surface area contributed by atoms with E-state index in [1.54, 1.807) is 0 Å². The van der Waals surface area contributed by atoms with E-state index in [1.165, 1.54) is 5.56 Å². The highest BCUT2D eigenvalue weighted by Crippen LogP contribution is 2.25. The van der Waals surface area contributed by atoms with Gasteiger partial charge in [-0.15, -0.1) is 0 Å². The number of nitrogens with zero attached hydrogens (tertiary/aromatic N) is 1. The number of aliphatic imine (C=N–C) groups is 1. The van der Waals surface area contributed by atoms with Gasteiger partial charge in [-0.1, -0.05) is 54.1 Å². The SMILES string of the molecule is Cc1ccc(C)c(N=Cc2cc(Cl)ccc2OCc2ccccc2)c1. The van der Waals surface area contributed by atoms with Crippen molar-refractivity contribution in [2.45, 2.75) is 20.5 Å². The minimum Gasteiger partial charge on any atom is -0.488 e. The summed E-state index contributed by atoms with van der Waals surface area (Å²) >= 11 is 6.16. The molecule has 0 fully saturated rings. The van der Waals surface area contributed by atoms with Gasteiger partial charge in [-0.2, -0.15) is 0 Å². The first-order valence-corrected chi connectivity index (χ1v) is 8.57. The minimum atomic E-state index is 0.507. The van der Waals surface area contributed by atoms with Gasteiger partial charge < -0.3 is 4.74 Å². The van der Waals surface area contributed by atoms with Gasteiger partial charge in [0.2, 0.25) is 0 Å². The maximum absolute atomic E-state index is 6.16. The Morgan fingerprint density at radius 3 is 2.56 bits per heavy atom. The summed E-state index contributed by atoms with van der Waals surface area (Å²) in [6.45, 7) is 4.62. The molecule has 3 heteroatoms. The molecule has 0 aliphatic heterocycles. The highest BCUT2D eigenvalue weighted by atomic mass is 35.5. The molecule has 0 radical (unpaired) electrons. The Morgan fingerprint density at radius 1 is 0.960 bits per heavy atom. The molecular formula is C22H20ClNO. The molecular weight excluding hydrogens is 330 g/mol. The third-order valence-electron chi connectivity index (χ3n) is 3.92. The molecule has 0 saturated heterocycles. The first-order chi connectivity index (χ1) is 12.1. The van der Waals surface area contributed by atoms with Gasteiger partial charge in [0.1, 0.15) is 12.4 Å². The van der Waals surface area contributed by atoms with E-state index in [1.807, 2.05) is 54.7 Å². The Hall–Kier alpha value is -2.58. The summed E-state index contributed by atoms with van der Waals surface area (Å²) in [4.78, 5) is 4.63. The third-order valence-corrected chi connectivity index (χ3v) is 4.15. The van der Waals surface area contributed by atoms with Crippen molar-refractivity contribution in [1.29, 1.82) is 0 Å². The smallest absolute Gasteiger partial charge is 0.128 e. The zero-order chi connectivity index (χ0) is 17.6. The fourth-order valence-corrected chi connectivity index (χ4v) is 2.67. The molecule has 0 bridgehead atoms. The quantitative estimate of drug-likeness (QED) is 0.496. The molecule has 0 unspecified atom stereocenters. The minimum absolute atomic E-state index is 0.507. The molecule has 0 aliphatic rings. The van der Waals surface area contributed by atoms with Gasteiger partial charge in [0.05, 0.1) is 5.69 Å². The van der Waals surface area contributed by atoms with Crippen LogP contribution in [0.15, 0.2) is 71.7 Å². The zero-order valence-electron chi connectivity index (χ0n) is 14.4. The van der Waals surface area contributed by atoms with E-state index in [4.69, 9.17) is 16.3 Å². The van der Waals surface area contributed by atoms with E-state index in [0.717, 1.165) is 28.1 Å². The summed E-state index contributed by atoms with van der Waals surface area (Å²) in [6, 6.07) is 21.9. The molecule has 3 aromatic rings. The van der Waals surface area contributed by atoms with E-state index in [2.05, 4.69) is 37.0 Å². The van der Waals surface area contributed by atoms with Gasteiger partial charge in [0, 0.05) is 16.8 Å². The zero-order valence-corrected chi connectivity index (χ0v) is 15.1. The van der Waals surface area contributed by atoms with Gasteiger partial charge in [0.15, 0.2) is 0 Å². The van der Waals surface area contributed by atoms with Crippen molar-refractivity contribution < 1.29 is 4.74 Å². The van der Waals surface area contributed by atoms with Crippen molar-refractivity contribution in [3.63, 3.8) is 0 Å². The Morgan fingerprint density at radius 2 is 1.76 bits per heavy atom. The Labute approximate surface area is 153 Å². The standard InChI is InChI=1S/C22H20ClNO/c1-16-8-9-17(2)21(12-16)24-14-19-13-20(23)10-11-22(19)25-15-18-6-4-3-5-7-18/h3-14H,15H2,1-2H3. The molecule has 3 aromatic carbocycles. The average Bonchev–Trinajstić information content (AvgIpc) is 2.62. The van der Waals surface area contributed by atoms with Crippen LogP contribution in [0.1, 0.15) is 22.3 Å². The van der Waals surface area contributed by atoms with Crippen LogP contribution in [0.5, 0.6) is 5.75 Å². The molecule has 0 amide bonds. The van der Waals surface area contributed by atoms with Crippen molar-refractivity contribution in [3.05, 3.63) is 94.0 Å². The first-order valence-electron chi connectivity index (χ1n) is 8.19. The molecule has 126 valence electrons. The van der Waals surface area contributed by atoms with E-state index in [-0.39, 0.29) is 0 Å². The highest BCUT2D eigenvalue weighted by Gasteiger charge is 2.04. The van der Waals surface area contributed by atoms with Crippen molar-refractivity contribution in [2.24, 2.45) is 4.99 Å². The first kappa shape index (κ1) is 17.2. The normalized spacial score (nSPS) is 11.0. The molecule has 3 rings (SSSR count). The summed E-state index contributed by atoms with van der Waals surface area (Å²) in [6.07, 6.45) is 1.81. The maximum Gasteiger partial charge on any atom is 0.128 e. The van der Waals surface area contributed by atoms with Crippen LogP contribution in [0, 0.1) is 13.8 Å². The number of hydrogen-bond donors (Lipinski definition) is 0. The summed E-state index contributed by atoms with van der Waals surface area (Å²) in [5, 5.41) is 0.662. The van der Waals surface area contributed by atoms with Crippen LogP contribution in [0.3, 0.4) is 0 Å². The summed E-state index contributed by atoms with van der Waals surface area (Å²) in [7, 11) is 0. The number of aryl methyl sites for hydroxylation is 2. The highest BCUT2D eigenvalue weighted by molar-refractivity contribution is 6.30. The Balaban J connectivity index is 1.84. The van der Waals surface area contributed by atoms with Crippen LogP contribution in [0.4, 0.5) is 5.69 Å². The van der Waals surface area contributed by atoms with Crippen molar-refractivity contribution >= 4 is 23.5 Å². The number of hydrogen-bond acceptors (Lipinski definition) is 2. The molecule has 0 heterocycles. The largest absolute Gasteiger partial charge is 0.488 e. The summed E-state index contributed by atoms with van der Waals surface area (Å²) in [5.74, 6) is 0.766. The number of benzene rings is 3. The second-order valence-electron chi connectivity index (χ2n) is 6.00. The van der Waals surface area contributed by atoms with Crippen molar-refractivity contribution in [2.75, 3.05) is 0 Å². The molecule has 0 atom stereocenters. The lowest BCUT2D eigenvalue weighted by molar-refractivity contribution is 0.306. The topological polar surface area (TPSA) is 21.6 Å². The van der Waals surface area contributed by atoms with Crippen LogP contribution in [-0.4, -0.2) is 6.21 Å². The van der Waals surface area contributed by atoms with Crippen molar-refractivity contribution in [1.82, 2.24) is 0 Å². The van der Waals surface area contributed by atoms with Crippen LogP contribution < -0.4 is 4.74 Å². The van der Waals surface area contributed by atoms with Crippen LogP contribution in [0.2, 0.25) is 5.02 Å². The second-order valence-corrected chi connectivity index (χ2v) is 6.44. The van der Waals surface area contributed by atoms with E-state index in [0.29, 0.717) is 11.6 Å². The molecule has 0 spiro atoms. The number of halogens is 1. The van der Waals surface area contributed by atoms with Gasteiger partial charge in [-0.3, -0.25) is 4.99 Å². The predicted octanol–water partition coefficient (Wildman–Crippen LogP) is 6.29. The lowest BCUT2D eigenvalue weighted by Crippen LogP contribution is -1.98. The number of ether oxygens (including phenoxy) is 1. The fourth-order valence-electron chi connectivity index (χ4n) is 2.48. The molecule has 0 saturated carbocycles. The van der Waals surface area contributed by atoms with Crippen LogP contribution >= 0.6 is 11.6 Å². The van der Waals surface area contributed by atoms with Gasteiger partial charge >= 0.3 is 0 Å². The predicted molar refractivity (Wildman–Crippen MR) is 105 cm³/mol. The van der Waals surface area contributed by atoms with Crippen LogP contribution in [-0.2, 0) is 6.61 Å². The molecule has 25 heavy (non-hydrogen) atoms. The van der Waals surface area contributed by atoms with E-state index < -0.39 is 0 Å². The summed E-state index contributed by atoms with van der Waals surface area (Å²) in [5.41, 5.74) is 5.26. The third kappa shape index (κ3) is 4.71. The molecule has 0 aliphatic carbocycles. The molecule has 2 nitrogen and oxygen atoms in total. The Bertz CT molecular complexity index is 888. The average molecular weight is 350 g/mol. The molecule has 0 aromatic heterocycles. The number of rotatable bonds is 5. The van der Waals surface area contributed by atoms with Gasteiger partial charge in [-0.25, -0.2) is 0 Å². The fraction of sp³-hybridized carbons (Fsp3) is 0.136. The maximum atomic E-state index is 6.16. The van der Waals surface area contributed by atoms with E-state index in [9.17, 15) is 0 Å². The lowest BCUT2D eigenvalue weighted by atomic mass is 10.1. The summed E-state index contributed by atoms with van der Waals surface area (Å²) < 4.78 is 5.97. The van der Waals surface area contributed by atoms with Crippen LogP contribution in [0.25, 0.3) is 0 Å². The van der Waals surface area contributed by atoms with Gasteiger partial charge in [0.25, 0.3) is 0 Å². The van der Waals surface area contributed by atoms with Crippen molar-refractivity contribution in [3.8, 4) is 5.75 Å².